The summed E-state index contributed by atoms with van der Waals surface area (Å²) in [6, 6.07) is 17.7. The first-order valence-electron chi connectivity index (χ1n) is 9.61. The van der Waals surface area contributed by atoms with E-state index in [0.29, 0.717) is 32.3 Å². The third-order valence-electron chi connectivity index (χ3n) is 4.89. The number of amides is 1. The van der Waals surface area contributed by atoms with E-state index in [9.17, 15) is 19.3 Å². The predicted octanol–water partition coefficient (Wildman–Crippen LogP) is 5.83. The van der Waals surface area contributed by atoms with Crippen molar-refractivity contribution in [2.24, 2.45) is 4.99 Å². The largest absolute Gasteiger partial charge is 0.284 e. The number of rotatable bonds is 4. The third kappa shape index (κ3) is 3.88. The lowest BCUT2D eigenvalue weighted by Gasteiger charge is -2.14. The Morgan fingerprint density at radius 3 is 2.64 bits per heavy atom. The van der Waals surface area contributed by atoms with Gasteiger partial charge in [0.05, 0.1) is 20.2 Å². The standard InChI is InChI=1S/C23H12ClFN4O3S/c24-16-11-18-20(12-17(16)25)33-23(27-18)28-21(14-6-2-1-3-7-14)26-19(22(28)30)10-13-5-4-8-15(9-13)29(31)32/h1-12H. The van der Waals surface area contributed by atoms with Gasteiger partial charge in [-0.05, 0) is 23.8 Å². The van der Waals surface area contributed by atoms with Gasteiger partial charge in [0.1, 0.15) is 17.3 Å². The second kappa shape index (κ2) is 8.19. The predicted molar refractivity (Wildman–Crippen MR) is 126 cm³/mol. The summed E-state index contributed by atoms with van der Waals surface area (Å²) in [4.78, 5) is 34.4. The van der Waals surface area contributed by atoms with E-state index in [0.717, 1.165) is 11.3 Å². The Bertz CT molecular complexity index is 1460. The molecule has 1 amide bonds. The molecule has 0 N–H and O–H groups in total. The molecule has 1 aliphatic rings. The molecule has 0 radical (unpaired) electrons. The van der Waals surface area contributed by atoms with Crippen LogP contribution in [0.1, 0.15) is 11.1 Å². The Hall–Kier alpha value is -3.95. The van der Waals surface area contributed by atoms with Crippen LogP contribution in [0.15, 0.2) is 77.4 Å². The summed E-state index contributed by atoms with van der Waals surface area (Å²) in [6.07, 6.45) is 1.49. The lowest BCUT2D eigenvalue weighted by Crippen LogP contribution is -2.32. The molecule has 7 nitrogen and oxygen atoms in total. The summed E-state index contributed by atoms with van der Waals surface area (Å²) in [7, 11) is 0. The number of aromatic nitrogens is 1. The molecule has 0 fully saturated rings. The molecule has 1 aliphatic heterocycles. The van der Waals surface area contributed by atoms with E-state index in [1.165, 1.54) is 41.3 Å². The number of nitro benzene ring substituents is 1. The van der Waals surface area contributed by atoms with Gasteiger partial charge in [0, 0.05) is 17.7 Å². The Morgan fingerprint density at radius 2 is 1.88 bits per heavy atom. The molecule has 162 valence electrons. The number of nitro groups is 1. The van der Waals surface area contributed by atoms with Crippen LogP contribution in [0.4, 0.5) is 15.2 Å². The normalized spacial score (nSPS) is 14.8. The smallest absolute Gasteiger partial charge is 0.266 e. The number of fused-ring (bicyclic) bond motifs is 1. The van der Waals surface area contributed by atoms with E-state index >= 15 is 0 Å². The van der Waals surface area contributed by atoms with Crippen LogP contribution in [-0.4, -0.2) is 21.7 Å². The van der Waals surface area contributed by atoms with Gasteiger partial charge in [-0.25, -0.2) is 19.3 Å². The zero-order valence-electron chi connectivity index (χ0n) is 16.6. The van der Waals surface area contributed by atoms with Crippen molar-refractivity contribution in [1.29, 1.82) is 0 Å². The number of carbonyl (C=O) groups is 1. The number of aliphatic imine (C=N–C) groups is 1. The molecule has 0 aliphatic carbocycles. The maximum Gasteiger partial charge on any atom is 0.284 e. The van der Waals surface area contributed by atoms with Crippen LogP contribution in [0.25, 0.3) is 16.3 Å². The summed E-state index contributed by atoms with van der Waals surface area (Å²) >= 11 is 7.02. The maximum absolute atomic E-state index is 13.9. The molecule has 5 rings (SSSR count). The molecular formula is C23H12ClFN4O3S. The van der Waals surface area contributed by atoms with Crippen LogP contribution in [0.2, 0.25) is 5.02 Å². The van der Waals surface area contributed by atoms with Gasteiger partial charge in [-0.2, -0.15) is 0 Å². The van der Waals surface area contributed by atoms with Crippen molar-refractivity contribution in [2.45, 2.75) is 0 Å². The van der Waals surface area contributed by atoms with Crippen molar-refractivity contribution < 1.29 is 14.1 Å². The number of anilines is 1. The molecule has 2 heterocycles. The van der Waals surface area contributed by atoms with Crippen molar-refractivity contribution in [2.75, 3.05) is 4.90 Å². The second-order valence-corrected chi connectivity index (χ2v) is 8.47. The minimum Gasteiger partial charge on any atom is -0.266 e. The van der Waals surface area contributed by atoms with E-state index < -0.39 is 16.6 Å². The fourth-order valence-electron chi connectivity index (χ4n) is 3.37. The van der Waals surface area contributed by atoms with Gasteiger partial charge in [0.2, 0.25) is 0 Å². The fourth-order valence-corrected chi connectivity index (χ4v) is 4.50. The molecule has 33 heavy (non-hydrogen) atoms. The molecule has 0 atom stereocenters. The molecule has 3 aromatic carbocycles. The lowest BCUT2D eigenvalue weighted by molar-refractivity contribution is -0.384. The molecule has 10 heteroatoms. The Morgan fingerprint density at radius 1 is 1.09 bits per heavy atom. The van der Waals surface area contributed by atoms with Crippen LogP contribution in [0.3, 0.4) is 0 Å². The summed E-state index contributed by atoms with van der Waals surface area (Å²) < 4.78 is 14.5. The average molecular weight is 479 g/mol. The summed E-state index contributed by atoms with van der Waals surface area (Å²) in [5, 5.41) is 11.3. The summed E-state index contributed by atoms with van der Waals surface area (Å²) in [6.45, 7) is 0. The van der Waals surface area contributed by atoms with Crippen molar-refractivity contribution in [3.05, 3.63) is 105 Å². The summed E-state index contributed by atoms with van der Waals surface area (Å²) in [5.74, 6) is -0.677. The first-order valence-corrected chi connectivity index (χ1v) is 10.8. The SMILES string of the molecule is O=C1C(=Cc2cccc([N+](=O)[O-])c2)N=C(c2ccccc2)N1c1nc2cc(Cl)c(F)cc2s1. The van der Waals surface area contributed by atoms with Crippen LogP contribution < -0.4 is 4.90 Å². The van der Waals surface area contributed by atoms with Crippen molar-refractivity contribution in [3.8, 4) is 0 Å². The van der Waals surface area contributed by atoms with Gasteiger partial charge in [-0.3, -0.25) is 14.9 Å². The topological polar surface area (TPSA) is 88.7 Å². The molecular weight excluding hydrogens is 467 g/mol. The van der Waals surface area contributed by atoms with Crippen molar-refractivity contribution in [1.82, 2.24) is 4.98 Å². The minimum absolute atomic E-state index is 0.0599. The van der Waals surface area contributed by atoms with E-state index in [2.05, 4.69) is 9.98 Å². The van der Waals surface area contributed by atoms with E-state index in [1.807, 2.05) is 18.2 Å². The van der Waals surface area contributed by atoms with Crippen LogP contribution in [0.5, 0.6) is 0 Å². The zero-order chi connectivity index (χ0) is 23.1. The number of non-ortho nitro benzene ring substituents is 1. The maximum atomic E-state index is 13.9. The van der Waals surface area contributed by atoms with Crippen molar-refractivity contribution in [3.63, 3.8) is 0 Å². The van der Waals surface area contributed by atoms with Gasteiger partial charge < -0.3 is 0 Å². The number of halogens is 2. The molecule has 0 bridgehead atoms. The molecule has 0 saturated carbocycles. The van der Waals surface area contributed by atoms with Gasteiger partial charge >= 0.3 is 0 Å². The lowest BCUT2D eigenvalue weighted by atomic mass is 10.1. The summed E-state index contributed by atoms with van der Waals surface area (Å²) in [5.41, 5.74) is 1.60. The highest BCUT2D eigenvalue weighted by Gasteiger charge is 2.34. The minimum atomic E-state index is -0.574. The first kappa shape index (κ1) is 20.9. The molecule has 0 saturated heterocycles. The number of hydrogen-bond acceptors (Lipinski definition) is 6. The number of amidine groups is 1. The van der Waals surface area contributed by atoms with Crippen LogP contribution in [0, 0.1) is 15.9 Å². The fraction of sp³-hybridized carbons (Fsp3) is 0. The molecule has 0 spiro atoms. The van der Waals surface area contributed by atoms with E-state index in [-0.39, 0.29) is 16.4 Å². The second-order valence-electron chi connectivity index (χ2n) is 7.05. The molecule has 4 aromatic rings. The van der Waals surface area contributed by atoms with Crippen molar-refractivity contribution >= 4 is 61.8 Å². The van der Waals surface area contributed by atoms with Gasteiger partial charge in [-0.15, -0.1) is 0 Å². The Labute approximate surface area is 195 Å². The Balaban J connectivity index is 1.63. The number of benzene rings is 3. The highest BCUT2D eigenvalue weighted by molar-refractivity contribution is 7.22. The zero-order valence-corrected chi connectivity index (χ0v) is 18.2. The quantitative estimate of drug-likeness (QED) is 0.209. The average Bonchev–Trinajstić information content (AvgIpc) is 3.35. The number of hydrogen-bond donors (Lipinski definition) is 0. The van der Waals surface area contributed by atoms with Gasteiger partial charge in [0.25, 0.3) is 11.6 Å². The molecule has 1 aromatic heterocycles. The molecule has 0 unspecified atom stereocenters. The first-order chi connectivity index (χ1) is 15.9. The van der Waals surface area contributed by atoms with Gasteiger partial charge in [-0.1, -0.05) is 65.4 Å². The monoisotopic (exact) mass is 478 g/mol. The number of carbonyl (C=O) groups excluding carboxylic acids is 1. The Kier molecular flexibility index (Phi) is 5.20. The highest BCUT2D eigenvalue weighted by Crippen LogP contribution is 2.36. The van der Waals surface area contributed by atoms with Gasteiger partial charge in [0.15, 0.2) is 5.13 Å². The van der Waals surface area contributed by atoms with Crippen LogP contribution in [-0.2, 0) is 4.79 Å². The van der Waals surface area contributed by atoms with E-state index in [1.54, 1.807) is 18.2 Å². The number of thiazole rings is 1. The van der Waals surface area contributed by atoms with E-state index in [4.69, 9.17) is 11.6 Å². The third-order valence-corrected chi connectivity index (χ3v) is 6.18. The number of nitrogens with zero attached hydrogens (tertiary/aromatic N) is 4. The highest BCUT2D eigenvalue weighted by atomic mass is 35.5. The van der Waals surface area contributed by atoms with Crippen LogP contribution >= 0.6 is 22.9 Å².